The smallest absolute Gasteiger partial charge is 0.135 e. The molecule has 1 aromatic heterocycles. The lowest BCUT2D eigenvalue weighted by Crippen LogP contribution is -2.06. The average molecular weight is 207 g/mol. The lowest BCUT2D eigenvalue weighted by atomic mass is 10.3. The number of nitrogen functional groups attached to an aromatic ring is 1. The summed E-state index contributed by atoms with van der Waals surface area (Å²) in [5, 5.41) is 18.0. The third-order valence-electron chi connectivity index (χ3n) is 2.32. The van der Waals surface area contributed by atoms with Gasteiger partial charge in [0.25, 0.3) is 0 Å². The van der Waals surface area contributed by atoms with E-state index in [1.54, 1.807) is 16.7 Å². The molecule has 0 radical (unpaired) electrons. The Bertz CT molecular complexity index is 479. The first kappa shape index (κ1) is 9.95. The monoisotopic (exact) mass is 207 g/mol. The summed E-state index contributed by atoms with van der Waals surface area (Å²) < 4.78 is 1.79. The third kappa shape index (κ3) is 1.67. The van der Waals surface area contributed by atoms with Gasteiger partial charge in [-0.05, 0) is 18.2 Å². The summed E-state index contributed by atoms with van der Waals surface area (Å²) in [7, 11) is 0. The van der Waals surface area contributed by atoms with E-state index in [2.05, 4.69) is 4.98 Å². The number of aliphatic hydroxyl groups excluding tert-OH is 2. The topological polar surface area (TPSA) is 84.3 Å². The summed E-state index contributed by atoms with van der Waals surface area (Å²) in [5.41, 5.74) is 7.90. The predicted molar refractivity (Wildman–Crippen MR) is 57.2 cm³/mol. The minimum Gasteiger partial charge on any atom is -0.399 e. The molecular formula is C10H13N3O2. The standard InChI is InChI=1S/C10H13N3O2/c11-7-1-2-9-8(5-7)12-10(6-15)13(9)3-4-14/h1-2,5,14-15H,3-4,6,11H2. The predicted octanol–water partition coefficient (Wildman–Crippen LogP) is 0.103. The second kappa shape index (κ2) is 3.88. The normalized spacial score (nSPS) is 11.1. The van der Waals surface area contributed by atoms with Gasteiger partial charge in [0, 0.05) is 12.2 Å². The summed E-state index contributed by atoms with van der Waals surface area (Å²) in [6.45, 7) is 0.299. The van der Waals surface area contributed by atoms with Crippen LogP contribution in [0.2, 0.25) is 0 Å². The second-order valence-electron chi connectivity index (χ2n) is 3.31. The molecule has 2 aromatic rings. The van der Waals surface area contributed by atoms with E-state index in [9.17, 15) is 0 Å². The van der Waals surface area contributed by atoms with Crippen LogP contribution in [0.4, 0.5) is 5.69 Å². The molecular weight excluding hydrogens is 194 g/mol. The van der Waals surface area contributed by atoms with Crippen molar-refractivity contribution in [2.45, 2.75) is 13.2 Å². The van der Waals surface area contributed by atoms with Crippen LogP contribution in [0.15, 0.2) is 18.2 Å². The molecule has 0 bridgehead atoms. The number of hydrogen-bond acceptors (Lipinski definition) is 4. The summed E-state index contributed by atoms with van der Waals surface area (Å²) in [5.74, 6) is 0.546. The number of nitrogens with two attached hydrogens (primary N) is 1. The molecule has 0 aliphatic heterocycles. The fourth-order valence-corrected chi connectivity index (χ4v) is 1.67. The molecule has 1 aromatic carbocycles. The molecule has 15 heavy (non-hydrogen) atoms. The van der Waals surface area contributed by atoms with Gasteiger partial charge in [0.15, 0.2) is 0 Å². The van der Waals surface area contributed by atoms with Gasteiger partial charge >= 0.3 is 0 Å². The molecule has 0 amide bonds. The van der Waals surface area contributed by atoms with Crippen LogP contribution >= 0.6 is 0 Å². The van der Waals surface area contributed by atoms with Gasteiger partial charge in [0.05, 0.1) is 17.6 Å². The summed E-state index contributed by atoms with van der Waals surface area (Å²) >= 11 is 0. The first-order valence-electron chi connectivity index (χ1n) is 4.72. The first-order chi connectivity index (χ1) is 7.26. The third-order valence-corrected chi connectivity index (χ3v) is 2.32. The maximum Gasteiger partial charge on any atom is 0.135 e. The van der Waals surface area contributed by atoms with E-state index in [-0.39, 0.29) is 13.2 Å². The molecule has 5 nitrogen and oxygen atoms in total. The molecule has 0 fully saturated rings. The van der Waals surface area contributed by atoms with Crippen molar-refractivity contribution in [1.82, 2.24) is 9.55 Å². The molecule has 4 N–H and O–H groups in total. The molecule has 0 saturated heterocycles. The van der Waals surface area contributed by atoms with Gasteiger partial charge in [-0.2, -0.15) is 0 Å². The highest BCUT2D eigenvalue weighted by Gasteiger charge is 2.09. The number of anilines is 1. The molecule has 0 unspecified atom stereocenters. The van der Waals surface area contributed by atoms with E-state index < -0.39 is 0 Å². The van der Waals surface area contributed by atoms with Crippen LogP contribution in [0.1, 0.15) is 5.82 Å². The molecule has 80 valence electrons. The summed E-state index contributed by atoms with van der Waals surface area (Å²) in [6.07, 6.45) is 0. The molecule has 0 saturated carbocycles. The molecule has 2 rings (SSSR count). The number of aliphatic hydroxyl groups is 2. The minimum absolute atomic E-state index is 0.0167. The Balaban J connectivity index is 2.63. The van der Waals surface area contributed by atoms with Crippen molar-refractivity contribution in [2.24, 2.45) is 0 Å². The fraction of sp³-hybridized carbons (Fsp3) is 0.300. The van der Waals surface area contributed by atoms with Crippen molar-refractivity contribution in [1.29, 1.82) is 0 Å². The lowest BCUT2D eigenvalue weighted by Gasteiger charge is -2.04. The number of nitrogens with zero attached hydrogens (tertiary/aromatic N) is 2. The zero-order valence-corrected chi connectivity index (χ0v) is 8.22. The Hall–Kier alpha value is -1.59. The van der Waals surface area contributed by atoms with Crippen molar-refractivity contribution in [2.75, 3.05) is 12.3 Å². The zero-order chi connectivity index (χ0) is 10.8. The molecule has 0 spiro atoms. The van der Waals surface area contributed by atoms with Crippen molar-refractivity contribution in [3.63, 3.8) is 0 Å². The van der Waals surface area contributed by atoms with Gasteiger partial charge in [-0.25, -0.2) is 4.98 Å². The molecule has 0 atom stereocenters. The van der Waals surface area contributed by atoms with Gasteiger partial charge < -0.3 is 20.5 Å². The van der Waals surface area contributed by atoms with Crippen LogP contribution in [0.3, 0.4) is 0 Å². The zero-order valence-electron chi connectivity index (χ0n) is 8.22. The Morgan fingerprint density at radius 3 is 2.80 bits per heavy atom. The van der Waals surface area contributed by atoms with Crippen molar-refractivity contribution in [3.05, 3.63) is 24.0 Å². The quantitative estimate of drug-likeness (QED) is 0.623. The van der Waals surface area contributed by atoms with Gasteiger partial charge in [-0.1, -0.05) is 0 Å². The number of benzene rings is 1. The molecule has 0 aliphatic rings. The summed E-state index contributed by atoms with van der Waals surface area (Å²) in [6, 6.07) is 5.37. The number of rotatable bonds is 3. The fourth-order valence-electron chi connectivity index (χ4n) is 1.67. The maximum atomic E-state index is 9.12. The Morgan fingerprint density at radius 2 is 2.13 bits per heavy atom. The van der Waals surface area contributed by atoms with Gasteiger partial charge in [-0.3, -0.25) is 0 Å². The number of aromatic nitrogens is 2. The van der Waals surface area contributed by atoms with Crippen LogP contribution in [-0.2, 0) is 13.2 Å². The van der Waals surface area contributed by atoms with Crippen LogP contribution in [0.25, 0.3) is 11.0 Å². The van der Waals surface area contributed by atoms with Crippen LogP contribution in [-0.4, -0.2) is 26.4 Å². The Morgan fingerprint density at radius 1 is 1.33 bits per heavy atom. The number of imidazole rings is 1. The number of hydrogen-bond donors (Lipinski definition) is 3. The molecule has 0 aliphatic carbocycles. The van der Waals surface area contributed by atoms with Crippen LogP contribution in [0, 0.1) is 0 Å². The first-order valence-corrected chi connectivity index (χ1v) is 4.72. The van der Waals surface area contributed by atoms with E-state index in [0.29, 0.717) is 18.1 Å². The van der Waals surface area contributed by atoms with Gasteiger partial charge in [0.1, 0.15) is 12.4 Å². The highest BCUT2D eigenvalue weighted by atomic mass is 16.3. The van der Waals surface area contributed by atoms with Gasteiger partial charge in [-0.15, -0.1) is 0 Å². The van der Waals surface area contributed by atoms with E-state index in [4.69, 9.17) is 15.9 Å². The van der Waals surface area contributed by atoms with Crippen LogP contribution < -0.4 is 5.73 Å². The van der Waals surface area contributed by atoms with Crippen molar-refractivity contribution < 1.29 is 10.2 Å². The number of fused-ring (bicyclic) bond motifs is 1. The van der Waals surface area contributed by atoms with E-state index in [1.807, 2.05) is 6.07 Å². The van der Waals surface area contributed by atoms with E-state index >= 15 is 0 Å². The molecule has 5 heteroatoms. The Kier molecular flexibility index (Phi) is 2.57. The molecule has 1 heterocycles. The van der Waals surface area contributed by atoms with Crippen LogP contribution in [0.5, 0.6) is 0 Å². The van der Waals surface area contributed by atoms with E-state index in [0.717, 1.165) is 11.0 Å². The van der Waals surface area contributed by atoms with Crippen molar-refractivity contribution in [3.8, 4) is 0 Å². The maximum absolute atomic E-state index is 9.12. The van der Waals surface area contributed by atoms with E-state index in [1.165, 1.54) is 0 Å². The van der Waals surface area contributed by atoms with Gasteiger partial charge in [0.2, 0.25) is 0 Å². The highest BCUT2D eigenvalue weighted by molar-refractivity contribution is 5.79. The lowest BCUT2D eigenvalue weighted by molar-refractivity contribution is 0.248. The SMILES string of the molecule is Nc1ccc2c(c1)nc(CO)n2CCO. The average Bonchev–Trinajstić information content (AvgIpc) is 2.56. The summed E-state index contributed by atoms with van der Waals surface area (Å²) in [4.78, 5) is 4.23. The minimum atomic E-state index is -0.144. The Labute approximate surface area is 86.8 Å². The largest absolute Gasteiger partial charge is 0.399 e. The van der Waals surface area contributed by atoms with Crippen molar-refractivity contribution >= 4 is 16.7 Å². The second-order valence-corrected chi connectivity index (χ2v) is 3.31. The highest BCUT2D eigenvalue weighted by Crippen LogP contribution is 2.18.